The van der Waals surface area contributed by atoms with Crippen LogP contribution in [0.25, 0.3) is 0 Å². The molecule has 4 nitrogen and oxygen atoms in total. The van der Waals surface area contributed by atoms with Crippen LogP contribution in [0.5, 0.6) is 0 Å². The average molecular weight is 274 g/mol. The fourth-order valence-corrected chi connectivity index (χ4v) is 1.59. The van der Waals surface area contributed by atoms with Crippen molar-refractivity contribution in [1.29, 1.82) is 0 Å². The summed E-state index contributed by atoms with van der Waals surface area (Å²) in [5.41, 5.74) is -0.168. The van der Waals surface area contributed by atoms with Crippen molar-refractivity contribution in [2.24, 2.45) is 0 Å². The summed E-state index contributed by atoms with van der Waals surface area (Å²) in [5, 5.41) is 0. The zero-order chi connectivity index (χ0) is 14.9. The number of esters is 1. The third-order valence-electron chi connectivity index (χ3n) is 2.38. The highest BCUT2D eigenvalue weighted by Crippen LogP contribution is 2.11. The van der Waals surface area contributed by atoms with Crippen molar-refractivity contribution in [3.63, 3.8) is 0 Å². The van der Waals surface area contributed by atoms with E-state index < -0.39 is 0 Å². The molecule has 0 aromatic heterocycles. The molecule has 0 bridgehead atoms. The molecular weight excluding hydrogens is 244 g/mol. The summed E-state index contributed by atoms with van der Waals surface area (Å²) in [6, 6.07) is 0. The van der Waals surface area contributed by atoms with E-state index in [-0.39, 0.29) is 23.8 Å². The first-order valence-corrected chi connectivity index (χ1v) is 7.19. The van der Waals surface area contributed by atoms with Gasteiger partial charge in [0.1, 0.15) is 6.61 Å². The lowest BCUT2D eigenvalue weighted by Gasteiger charge is -2.26. The predicted octanol–water partition coefficient (Wildman–Crippen LogP) is 3.33. The topological polar surface area (TPSA) is 44.8 Å². The Hall–Kier alpha value is -0.610. The van der Waals surface area contributed by atoms with Gasteiger partial charge in [-0.05, 0) is 41.0 Å². The summed E-state index contributed by atoms with van der Waals surface area (Å²) in [4.78, 5) is 11.3. The van der Waals surface area contributed by atoms with E-state index in [0.717, 1.165) is 12.8 Å². The molecule has 0 aliphatic carbocycles. The van der Waals surface area contributed by atoms with E-state index in [2.05, 4.69) is 6.92 Å². The third-order valence-corrected chi connectivity index (χ3v) is 2.38. The van der Waals surface area contributed by atoms with Gasteiger partial charge in [-0.1, -0.05) is 13.3 Å². The van der Waals surface area contributed by atoms with Crippen LogP contribution in [0.1, 0.15) is 60.8 Å². The van der Waals surface area contributed by atoms with Crippen LogP contribution in [0.2, 0.25) is 0 Å². The van der Waals surface area contributed by atoms with Gasteiger partial charge in [-0.25, -0.2) is 0 Å². The third kappa shape index (κ3) is 12.2. The van der Waals surface area contributed by atoms with Crippen molar-refractivity contribution >= 4 is 5.97 Å². The molecule has 2 unspecified atom stereocenters. The lowest BCUT2D eigenvalue weighted by atomic mass is 10.2. The Labute approximate surface area is 117 Å². The Balaban J connectivity index is 3.69. The molecule has 0 aromatic rings. The van der Waals surface area contributed by atoms with Gasteiger partial charge < -0.3 is 14.2 Å². The highest BCUT2D eigenvalue weighted by Gasteiger charge is 2.16. The first-order chi connectivity index (χ1) is 8.74. The standard InChI is InChI=1S/C15H30O4/c1-7-8-9-14(16)18-10-12(2)17-11-13(3)19-15(4,5)6/h12-13H,7-11H2,1-6H3. The van der Waals surface area contributed by atoms with Gasteiger partial charge in [-0.15, -0.1) is 0 Å². The number of hydrogen-bond donors (Lipinski definition) is 0. The maximum Gasteiger partial charge on any atom is 0.305 e. The summed E-state index contributed by atoms with van der Waals surface area (Å²) in [5.74, 6) is -0.142. The van der Waals surface area contributed by atoms with Crippen molar-refractivity contribution in [2.45, 2.75) is 78.6 Å². The minimum atomic E-state index is -0.168. The number of hydrogen-bond acceptors (Lipinski definition) is 4. The second kappa shape index (κ2) is 9.32. The van der Waals surface area contributed by atoms with Crippen LogP contribution in [0.3, 0.4) is 0 Å². The van der Waals surface area contributed by atoms with E-state index in [0.29, 0.717) is 19.6 Å². The van der Waals surface area contributed by atoms with E-state index in [4.69, 9.17) is 14.2 Å². The molecule has 0 aliphatic heterocycles. The van der Waals surface area contributed by atoms with E-state index in [1.54, 1.807) is 0 Å². The van der Waals surface area contributed by atoms with E-state index in [1.807, 2.05) is 34.6 Å². The maximum absolute atomic E-state index is 11.3. The molecule has 0 radical (unpaired) electrons. The Kier molecular flexibility index (Phi) is 9.02. The van der Waals surface area contributed by atoms with Crippen LogP contribution in [0.15, 0.2) is 0 Å². The van der Waals surface area contributed by atoms with Gasteiger partial charge in [0.15, 0.2) is 0 Å². The van der Waals surface area contributed by atoms with Gasteiger partial charge in [0.2, 0.25) is 0 Å². The predicted molar refractivity (Wildman–Crippen MR) is 76.2 cm³/mol. The molecule has 114 valence electrons. The SMILES string of the molecule is CCCCC(=O)OCC(C)OCC(C)OC(C)(C)C. The van der Waals surface area contributed by atoms with Crippen LogP contribution < -0.4 is 0 Å². The van der Waals surface area contributed by atoms with Crippen molar-refractivity contribution in [3.8, 4) is 0 Å². The lowest BCUT2D eigenvalue weighted by molar-refractivity contribution is -0.149. The van der Waals surface area contributed by atoms with Gasteiger partial charge >= 0.3 is 5.97 Å². The van der Waals surface area contributed by atoms with Crippen LogP contribution >= 0.6 is 0 Å². The van der Waals surface area contributed by atoms with Gasteiger partial charge in [-0.3, -0.25) is 4.79 Å². The molecule has 4 heteroatoms. The molecule has 0 N–H and O–H groups in total. The van der Waals surface area contributed by atoms with Crippen LogP contribution in [-0.2, 0) is 19.0 Å². The van der Waals surface area contributed by atoms with E-state index >= 15 is 0 Å². The molecule has 19 heavy (non-hydrogen) atoms. The largest absolute Gasteiger partial charge is 0.463 e. The van der Waals surface area contributed by atoms with Gasteiger partial charge in [0.25, 0.3) is 0 Å². The fraction of sp³-hybridized carbons (Fsp3) is 0.933. The number of ether oxygens (including phenoxy) is 3. The van der Waals surface area contributed by atoms with Gasteiger partial charge in [0, 0.05) is 6.42 Å². The zero-order valence-corrected chi connectivity index (χ0v) is 13.3. The van der Waals surface area contributed by atoms with Crippen LogP contribution in [0.4, 0.5) is 0 Å². The van der Waals surface area contributed by atoms with Crippen LogP contribution in [-0.4, -0.2) is 37.0 Å². The highest BCUT2D eigenvalue weighted by atomic mass is 16.6. The number of carbonyl (C=O) groups excluding carboxylic acids is 1. The molecule has 0 amide bonds. The fourth-order valence-electron chi connectivity index (χ4n) is 1.59. The molecule has 0 fully saturated rings. The van der Waals surface area contributed by atoms with Crippen molar-refractivity contribution in [2.75, 3.05) is 13.2 Å². The Morgan fingerprint density at radius 2 is 1.74 bits per heavy atom. The van der Waals surface area contributed by atoms with E-state index in [9.17, 15) is 4.79 Å². The summed E-state index contributed by atoms with van der Waals surface area (Å²) in [6.07, 6.45) is 2.30. The Morgan fingerprint density at radius 3 is 2.26 bits per heavy atom. The highest BCUT2D eigenvalue weighted by molar-refractivity contribution is 5.69. The molecular formula is C15H30O4. The van der Waals surface area contributed by atoms with Crippen molar-refractivity contribution in [1.82, 2.24) is 0 Å². The average Bonchev–Trinajstić information content (AvgIpc) is 2.29. The molecule has 0 saturated carbocycles. The monoisotopic (exact) mass is 274 g/mol. The Bertz CT molecular complexity index is 245. The van der Waals surface area contributed by atoms with Crippen LogP contribution in [0, 0.1) is 0 Å². The summed E-state index contributed by atoms with van der Waals surface area (Å²) >= 11 is 0. The molecule has 0 rings (SSSR count). The molecule has 0 spiro atoms. The summed E-state index contributed by atoms with van der Waals surface area (Å²) in [6.45, 7) is 12.8. The molecule has 0 aromatic carbocycles. The summed E-state index contributed by atoms with van der Waals surface area (Å²) < 4.78 is 16.5. The van der Waals surface area contributed by atoms with Gasteiger partial charge in [-0.2, -0.15) is 0 Å². The second-order valence-electron chi connectivity index (χ2n) is 5.97. The number of unbranched alkanes of at least 4 members (excludes halogenated alkanes) is 1. The Morgan fingerprint density at radius 1 is 1.11 bits per heavy atom. The molecule has 2 atom stereocenters. The quantitative estimate of drug-likeness (QED) is 0.605. The second-order valence-corrected chi connectivity index (χ2v) is 5.97. The molecule has 0 aliphatic rings. The van der Waals surface area contributed by atoms with E-state index in [1.165, 1.54) is 0 Å². The first-order valence-electron chi connectivity index (χ1n) is 7.19. The number of rotatable bonds is 9. The minimum absolute atomic E-state index is 0.0262. The molecule has 0 heterocycles. The lowest BCUT2D eigenvalue weighted by Crippen LogP contribution is -2.30. The first kappa shape index (κ1) is 18.4. The minimum Gasteiger partial charge on any atom is -0.463 e. The van der Waals surface area contributed by atoms with Crippen molar-refractivity contribution in [3.05, 3.63) is 0 Å². The smallest absolute Gasteiger partial charge is 0.305 e. The normalized spacial score (nSPS) is 15.1. The summed E-state index contributed by atoms with van der Waals surface area (Å²) in [7, 11) is 0. The number of carbonyl (C=O) groups is 1. The van der Waals surface area contributed by atoms with Crippen molar-refractivity contribution < 1.29 is 19.0 Å². The zero-order valence-electron chi connectivity index (χ0n) is 13.3. The maximum atomic E-state index is 11.3. The molecule has 0 saturated heterocycles. The van der Waals surface area contributed by atoms with Gasteiger partial charge in [0.05, 0.1) is 24.4 Å².